The van der Waals surface area contributed by atoms with Gasteiger partial charge in [-0.3, -0.25) is 0 Å². The van der Waals surface area contributed by atoms with Gasteiger partial charge >= 0.3 is 0 Å². The molecule has 0 atom stereocenters. The molecule has 0 saturated heterocycles. The topological polar surface area (TPSA) is 38.7 Å². The summed E-state index contributed by atoms with van der Waals surface area (Å²) < 4.78 is 0. The average Bonchev–Trinajstić information content (AvgIpc) is 3.72. The second kappa shape index (κ2) is 16.0. The Morgan fingerprint density at radius 3 is 1.28 bits per heavy atom. The molecule has 0 radical (unpaired) electrons. The fourth-order valence-corrected chi connectivity index (χ4v) is 10.0. The van der Waals surface area contributed by atoms with E-state index in [1.165, 1.54) is 49.7 Å². The number of hydrogen-bond acceptors (Lipinski definition) is 3. The van der Waals surface area contributed by atoms with Crippen molar-refractivity contribution in [3.63, 3.8) is 0 Å². The van der Waals surface area contributed by atoms with Crippen LogP contribution in [0.5, 0.6) is 0 Å². The van der Waals surface area contributed by atoms with Crippen molar-refractivity contribution in [1.82, 2.24) is 15.0 Å². The summed E-state index contributed by atoms with van der Waals surface area (Å²) in [6.07, 6.45) is 0. The van der Waals surface area contributed by atoms with Gasteiger partial charge in [0.1, 0.15) is 0 Å². The van der Waals surface area contributed by atoms with Crippen LogP contribution in [-0.2, 0) is 5.41 Å². The van der Waals surface area contributed by atoms with E-state index in [0.29, 0.717) is 17.5 Å². The van der Waals surface area contributed by atoms with E-state index >= 15 is 0 Å². The Balaban J connectivity index is 1.04. The molecule has 65 heavy (non-hydrogen) atoms. The second-order valence-electron chi connectivity index (χ2n) is 16.7. The Hall–Kier alpha value is -8.53. The van der Waals surface area contributed by atoms with Gasteiger partial charge in [0, 0.05) is 16.7 Å². The summed E-state index contributed by atoms with van der Waals surface area (Å²) in [6.45, 7) is 0. The van der Waals surface area contributed by atoms with E-state index in [2.05, 4.69) is 237 Å². The van der Waals surface area contributed by atoms with Crippen LogP contribution >= 0.6 is 0 Å². The molecule has 1 aromatic heterocycles. The number of fused-ring (bicyclic) bond motifs is 5. The minimum absolute atomic E-state index is 0.530. The third kappa shape index (κ3) is 6.56. The molecule has 12 rings (SSSR count). The SMILES string of the molecule is c1ccc(-c2cccc(-c3nc(-c4ccc(-c5cc6ccccc6c6c5-c5ccccc5C6(c5ccccc5)c5ccccc5)cc4)nc(-c4cccc(-c5ccccc5)c4)n3)c2)cc1. The van der Waals surface area contributed by atoms with Crippen molar-refractivity contribution in [2.24, 2.45) is 0 Å². The van der Waals surface area contributed by atoms with Crippen LogP contribution in [0.4, 0.5) is 0 Å². The zero-order valence-electron chi connectivity index (χ0n) is 35.5. The predicted octanol–water partition coefficient (Wildman–Crippen LogP) is 15.4. The first kappa shape index (κ1) is 38.2. The zero-order chi connectivity index (χ0) is 43.2. The van der Waals surface area contributed by atoms with Gasteiger partial charge in [0.15, 0.2) is 17.5 Å². The Morgan fingerprint density at radius 1 is 0.277 bits per heavy atom. The van der Waals surface area contributed by atoms with Gasteiger partial charge in [-0.15, -0.1) is 0 Å². The molecule has 0 saturated carbocycles. The Bertz CT molecular complexity index is 3370. The van der Waals surface area contributed by atoms with Crippen molar-refractivity contribution in [3.8, 4) is 78.7 Å². The van der Waals surface area contributed by atoms with Crippen molar-refractivity contribution in [2.45, 2.75) is 5.41 Å². The van der Waals surface area contributed by atoms with Crippen LogP contribution in [0.1, 0.15) is 22.3 Å². The maximum absolute atomic E-state index is 5.21. The maximum Gasteiger partial charge on any atom is 0.164 e. The monoisotopic (exact) mass is 827 g/mol. The zero-order valence-corrected chi connectivity index (χ0v) is 35.5. The number of aromatic nitrogens is 3. The van der Waals surface area contributed by atoms with E-state index in [-0.39, 0.29) is 0 Å². The summed E-state index contributed by atoms with van der Waals surface area (Å²) in [7, 11) is 0. The summed E-state index contributed by atoms with van der Waals surface area (Å²) >= 11 is 0. The van der Waals surface area contributed by atoms with E-state index in [9.17, 15) is 0 Å². The lowest BCUT2D eigenvalue weighted by Crippen LogP contribution is -2.28. The number of hydrogen-bond donors (Lipinski definition) is 0. The molecule has 0 bridgehead atoms. The highest BCUT2D eigenvalue weighted by Crippen LogP contribution is 2.60. The second-order valence-corrected chi connectivity index (χ2v) is 16.7. The van der Waals surface area contributed by atoms with Crippen LogP contribution in [-0.4, -0.2) is 15.0 Å². The van der Waals surface area contributed by atoms with Crippen LogP contribution in [0.25, 0.3) is 89.4 Å². The molecule has 11 aromatic rings. The molecule has 3 heteroatoms. The predicted molar refractivity (Wildman–Crippen MR) is 267 cm³/mol. The average molecular weight is 828 g/mol. The van der Waals surface area contributed by atoms with Gasteiger partial charge in [0.2, 0.25) is 0 Å². The van der Waals surface area contributed by atoms with Crippen LogP contribution in [0, 0.1) is 0 Å². The largest absolute Gasteiger partial charge is 0.208 e. The quantitative estimate of drug-likeness (QED) is 0.153. The van der Waals surface area contributed by atoms with Gasteiger partial charge in [0.05, 0.1) is 5.41 Å². The molecule has 0 fully saturated rings. The van der Waals surface area contributed by atoms with Gasteiger partial charge in [-0.25, -0.2) is 15.0 Å². The van der Waals surface area contributed by atoms with Crippen molar-refractivity contribution in [2.75, 3.05) is 0 Å². The normalized spacial score (nSPS) is 12.4. The summed E-state index contributed by atoms with van der Waals surface area (Å²) in [4.78, 5) is 15.6. The van der Waals surface area contributed by atoms with Crippen LogP contribution in [0.3, 0.4) is 0 Å². The standard InChI is InChI=1S/C62H41N3/c1-5-19-42(20-6-1)46-24-17-26-49(39-46)60-63-59(64-61(65-60)50-27-18-25-47(40-50)43-21-7-2-8-22-43)45-37-35-44(36-38-45)55-41-48-23-13-14-32-53(48)58-57(55)54-33-15-16-34-56(54)62(58,51-28-9-3-10-29-51)52-30-11-4-12-31-52/h1-41H. The van der Waals surface area contributed by atoms with E-state index < -0.39 is 5.41 Å². The lowest BCUT2D eigenvalue weighted by atomic mass is 9.66. The van der Waals surface area contributed by atoms with E-state index in [1.54, 1.807) is 0 Å². The van der Waals surface area contributed by atoms with Crippen molar-refractivity contribution in [3.05, 3.63) is 271 Å². The fourth-order valence-electron chi connectivity index (χ4n) is 10.0. The molecular formula is C62H41N3. The Labute approximate surface area is 379 Å². The number of benzene rings is 10. The summed E-state index contributed by atoms with van der Waals surface area (Å²) in [6, 6.07) is 89.0. The fraction of sp³-hybridized carbons (Fsp3) is 0.0161. The van der Waals surface area contributed by atoms with Gasteiger partial charge in [-0.1, -0.05) is 231 Å². The van der Waals surface area contributed by atoms with E-state index in [1.807, 2.05) is 12.1 Å². The van der Waals surface area contributed by atoms with Gasteiger partial charge in [0.25, 0.3) is 0 Å². The van der Waals surface area contributed by atoms with Crippen molar-refractivity contribution < 1.29 is 0 Å². The van der Waals surface area contributed by atoms with Crippen molar-refractivity contribution >= 4 is 10.8 Å². The van der Waals surface area contributed by atoms with Crippen LogP contribution < -0.4 is 0 Å². The molecule has 0 aliphatic heterocycles. The van der Waals surface area contributed by atoms with Gasteiger partial charge < -0.3 is 0 Å². The molecule has 1 aliphatic carbocycles. The minimum atomic E-state index is -0.530. The molecular weight excluding hydrogens is 787 g/mol. The lowest BCUT2D eigenvalue weighted by molar-refractivity contribution is 0.775. The molecule has 0 amide bonds. The number of nitrogens with zero attached hydrogens (tertiary/aromatic N) is 3. The summed E-state index contributed by atoms with van der Waals surface area (Å²) in [5.74, 6) is 1.87. The minimum Gasteiger partial charge on any atom is -0.208 e. The Kier molecular flexibility index (Phi) is 9.39. The highest BCUT2D eigenvalue weighted by atomic mass is 15.0. The Morgan fingerprint density at radius 2 is 0.708 bits per heavy atom. The first-order valence-electron chi connectivity index (χ1n) is 22.2. The maximum atomic E-state index is 5.21. The third-order valence-corrected chi connectivity index (χ3v) is 13.0. The van der Waals surface area contributed by atoms with Gasteiger partial charge in [-0.05, 0) is 95.7 Å². The summed E-state index contributed by atoms with van der Waals surface area (Å²) in [5.41, 5.74) is 16.7. The first-order valence-corrected chi connectivity index (χ1v) is 22.2. The molecule has 1 aliphatic rings. The molecule has 0 unspecified atom stereocenters. The van der Waals surface area contributed by atoms with E-state index in [4.69, 9.17) is 15.0 Å². The molecule has 0 spiro atoms. The van der Waals surface area contributed by atoms with Gasteiger partial charge in [-0.2, -0.15) is 0 Å². The first-order chi connectivity index (χ1) is 32.2. The lowest BCUT2D eigenvalue weighted by Gasteiger charge is -2.35. The van der Waals surface area contributed by atoms with Crippen molar-refractivity contribution in [1.29, 1.82) is 0 Å². The molecule has 304 valence electrons. The van der Waals surface area contributed by atoms with Crippen LogP contribution in [0.2, 0.25) is 0 Å². The highest BCUT2D eigenvalue weighted by Gasteiger charge is 2.48. The molecule has 3 nitrogen and oxygen atoms in total. The molecule has 0 N–H and O–H groups in total. The highest BCUT2D eigenvalue weighted by molar-refractivity contribution is 6.06. The summed E-state index contributed by atoms with van der Waals surface area (Å²) in [5, 5.41) is 2.46. The van der Waals surface area contributed by atoms with E-state index in [0.717, 1.165) is 44.5 Å². The number of rotatable bonds is 8. The molecule has 10 aromatic carbocycles. The van der Waals surface area contributed by atoms with Crippen LogP contribution in [0.15, 0.2) is 249 Å². The molecule has 1 heterocycles. The third-order valence-electron chi connectivity index (χ3n) is 13.0. The smallest absolute Gasteiger partial charge is 0.164 e.